The highest BCUT2D eigenvalue weighted by molar-refractivity contribution is 5.80. The van der Waals surface area contributed by atoms with E-state index >= 15 is 0 Å². The van der Waals surface area contributed by atoms with Gasteiger partial charge in [0, 0.05) is 51.4 Å². The molecule has 1 saturated carbocycles. The minimum absolute atomic E-state index is 0.511. The Morgan fingerprint density at radius 3 is 2.96 bits per heavy atom. The van der Waals surface area contributed by atoms with Gasteiger partial charge in [-0.05, 0) is 37.8 Å². The molecule has 0 bridgehead atoms. The molecule has 2 N–H and O–H groups in total. The molecule has 1 aliphatic heterocycles. The van der Waals surface area contributed by atoms with E-state index in [4.69, 9.17) is 0 Å². The Kier molecular flexibility index (Phi) is 5.87. The monoisotopic (exact) mass is 369 g/mol. The SMILES string of the molecule is CN=C(NCCCc1nnc2ccccn12)NC1CCN(C2CCCC2)C1. The molecule has 1 saturated heterocycles. The first kappa shape index (κ1) is 18.2. The summed E-state index contributed by atoms with van der Waals surface area (Å²) in [6, 6.07) is 7.32. The fraction of sp³-hybridized carbons (Fsp3) is 0.650. The molecule has 7 nitrogen and oxygen atoms in total. The van der Waals surface area contributed by atoms with Crippen molar-refractivity contribution in [3.05, 3.63) is 30.2 Å². The highest BCUT2D eigenvalue weighted by Gasteiger charge is 2.30. The molecule has 146 valence electrons. The molecule has 0 amide bonds. The van der Waals surface area contributed by atoms with Crippen molar-refractivity contribution in [2.45, 2.75) is 57.0 Å². The quantitative estimate of drug-likeness (QED) is 0.462. The fourth-order valence-corrected chi connectivity index (χ4v) is 4.41. The summed E-state index contributed by atoms with van der Waals surface area (Å²) in [4.78, 5) is 7.08. The number of guanidine groups is 1. The lowest BCUT2D eigenvalue weighted by molar-refractivity contribution is 0.242. The normalized spacial score (nSPS) is 22.0. The topological polar surface area (TPSA) is 69.8 Å². The van der Waals surface area contributed by atoms with Crippen LogP contribution in [-0.2, 0) is 6.42 Å². The Labute approximate surface area is 161 Å². The van der Waals surface area contributed by atoms with Gasteiger partial charge in [-0.2, -0.15) is 0 Å². The smallest absolute Gasteiger partial charge is 0.191 e. The molecule has 7 heteroatoms. The second kappa shape index (κ2) is 8.69. The standard InChI is InChI=1S/C20H31N7/c1-21-20(23-16-11-14-26(15-16)17-7-2-3-8-17)22-12-6-10-19-25-24-18-9-4-5-13-27(18)19/h4-5,9,13,16-17H,2-3,6-8,10-12,14-15H2,1H3,(H2,21,22,23). The first-order valence-electron chi connectivity index (χ1n) is 10.3. The van der Waals surface area contributed by atoms with Crippen molar-refractivity contribution in [2.75, 3.05) is 26.7 Å². The number of nitrogens with zero attached hydrogens (tertiary/aromatic N) is 5. The van der Waals surface area contributed by atoms with Crippen molar-refractivity contribution in [2.24, 2.45) is 4.99 Å². The third-order valence-electron chi connectivity index (χ3n) is 5.88. The van der Waals surface area contributed by atoms with Crippen LogP contribution in [0.4, 0.5) is 0 Å². The molecule has 2 aliphatic rings. The number of nitrogens with one attached hydrogen (secondary N) is 2. The summed E-state index contributed by atoms with van der Waals surface area (Å²) >= 11 is 0. The van der Waals surface area contributed by atoms with Gasteiger partial charge in [0.05, 0.1) is 0 Å². The number of aliphatic imine (C=N–C) groups is 1. The first-order chi connectivity index (χ1) is 13.3. The second-order valence-corrected chi connectivity index (χ2v) is 7.71. The Hall–Kier alpha value is -2.15. The lowest BCUT2D eigenvalue weighted by Crippen LogP contribution is -2.45. The number of likely N-dealkylation sites (tertiary alicyclic amines) is 1. The predicted octanol–water partition coefficient (Wildman–Crippen LogP) is 1.84. The highest BCUT2D eigenvalue weighted by Crippen LogP contribution is 2.26. The van der Waals surface area contributed by atoms with E-state index in [1.807, 2.05) is 31.4 Å². The van der Waals surface area contributed by atoms with Crippen LogP contribution in [0.5, 0.6) is 0 Å². The Morgan fingerprint density at radius 2 is 2.11 bits per heavy atom. The van der Waals surface area contributed by atoms with Crippen LogP contribution in [0, 0.1) is 0 Å². The predicted molar refractivity (Wildman–Crippen MR) is 108 cm³/mol. The van der Waals surface area contributed by atoms with Crippen molar-refractivity contribution >= 4 is 11.6 Å². The van der Waals surface area contributed by atoms with Gasteiger partial charge in [-0.15, -0.1) is 10.2 Å². The van der Waals surface area contributed by atoms with Crippen LogP contribution in [0.25, 0.3) is 5.65 Å². The lowest BCUT2D eigenvalue weighted by atomic mass is 10.2. The summed E-state index contributed by atoms with van der Waals surface area (Å²) in [6.07, 6.45) is 10.7. The van der Waals surface area contributed by atoms with E-state index in [1.165, 1.54) is 38.6 Å². The van der Waals surface area contributed by atoms with Crippen LogP contribution in [0.3, 0.4) is 0 Å². The minimum atomic E-state index is 0.511. The average Bonchev–Trinajstić information content (AvgIpc) is 3.45. The number of rotatable bonds is 6. The molecule has 1 aliphatic carbocycles. The Bertz CT molecular complexity index is 763. The van der Waals surface area contributed by atoms with Crippen molar-refractivity contribution in [3.8, 4) is 0 Å². The van der Waals surface area contributed by atoms with E-state index in [1.54, 1.807) is 0 Å². The van der Waals surface area contributed by atoms with Crippen LogP contribution in [0.1, 0.15) is 44.3 Å². The number of hydrogen-bond donors (Lipinski definition) is 2. The summed E-state index contributed by atoms with van der Waals surface area (Å²) in [5, 5.41) is 15.6. The third-order valence-corrected chi connectivity index (χ3v) is 5.88. The molecular weight excluding hydrogens is 338 g/mol. The molecular formula is C20H31N7. The van der Waals surface area contributed by atoms with Gasteiger partial charge in [0.15, 0.2) is 11.6 Å². The van der Waals surface area contributed by atoms with Crippen LogP contribution >= 0.6 is 0 Å². The maximum Gasteiger partial charge on any atom is 0.191 e. The van der Waals surface area contributed by atoms with Gasteiger partial charge in [0.1, 0.15) is 5.82 Å². The molecule has 2 fully saturated rings. The molecule has 4 rings (SSSR count). The minimum Gasteiger partial charge on any atom is -0.356 e. The summed E-state index contributed by atoms with van der Waals surface area (Å²) in [5.41, 5.74) is 0.908. The van der Waals surface area contributed by atoms with Gasteiger partial charge in [-0.3, -0.25) is 14.3 Å². The zero-order chi connectivity index (χ0) is 18.5. The molecule has 1 unspecified atom stereocenters. The molecule has 3 heterocycles. The highest BCUT2D eigenvalue weighted by atomic mass is 15.3. The third kappa shape index (κ3) is 4.40. The Balaban J connectivity index is 1.19. The van der Waals surface area contributed by atoms with Gasteiger partial charge in [0.2, 0.25) is 0 Å². The molecule has 0 aromatic carbocycles. The number of fused-ring (bicyclic) bond motifs is 1. The molecule has 0 spiro atoms. The number of aromatic nitrogens is 3. The zero-order valence-corrected chi connectivity index (χ0v) is 16.3. The second-order valence-electron chi connectivity index (χ2n) is 7.71. The van der Waals surface area contributed by atoms with Gasteiger partial charge in [-0.25, -0.2) is 0 Å². The van der Waals surface area contributed by atoms with Gasteiger partial charge >= 0.3 is 0 Å². The molecule has 27 heavy (non-hydrogen) atoms. The summed E-state index contributed by atoms with van der Waals surface area (Å²) < 4.78 is 2.06. The average molecular weight is 370 g/mol. The van der Waals surface area contributed by atoms with E-state index in [2.05, 4.69) is 35.1 Å². The van der Waals surface area contributed by atoms with Crippen molar-refractivity contribution in [3.63, 3.8) is 0 Å². The number of hydrogen-bond acceptors (Lipinski definition) is 4. The maximum absolute atomic E-state index is 4.40. The molecule has 2 aromatic rings. The van der Waals surface area contributed by atoms with E-state index in [-0.39, 0.29) is 0 Å². The summed E-state index contributed by atoms with van der Waals surface area (Å²) in [7, 11) is 1.85. The van der Waals surface area contributed by atoms with Gasteiger partial charge in [-0.1, -0.05) is 18.9 Å². The number of aryl methyl sites for hydroxylation is 1. The first-order valence-corrected chi connectivity index (χ1v) is 10.3. The molecule has 2 aromatic heterocycles. The van der Waals surface area contributed by atoms with E-state index in [0.29, 0.717) is 6.04 Å². The van der Waals surface area contributed by atoms with Gasteiger partial charge < -0.3 is 10.6 Å². The van der Waals surface area contributed by atoms with Crippen molar-refractivity contribution in [1.29, 1.82) is 0 Å². The molecule has 0 radical (unpaired) electrons. The summed E-state index contributed by atoms with van der Waals surface area (Å²) in [5.74, 6) is 1.93. The van der Waals surface area contributed by atoms with E-state index in [0.717, 1.165) is 49.4 Å². The Morgan fingerprint density at radius 1 is 1.22 bits per heavy atom. The maximum atomic E-state index is 4.40. The van der Waals surface area contributed by atoms with Crippen LogP contribution in [-0.4, -0.2) is 64.2 Å². The van der Waals surface area contributed by atoms with Crippen LogP contribution in [0.15, 0.2) is 29.4 Å². The van der Waals surface area contributed by atoms with Crippen molar-refractivity contribution in [1.82, 2.24) is 30.1 Å². The van der Waals surface area contributed by atoms with Gasteiger partial charge in [0.25, 0.3) is 0 Å². The van der Waals surface area contributed by atoms with Crippen molar-refractivity contribution < 1.29 is 0 Å². The van der Waals surface area contributed by atoms with E-state index in [9.17, 15) is 0 Å². The fourth-order valence-electron chi connectivity index (χ4n) is 4.41. The zero-order valence-electron chi connectivity index (χ0n) is 16.3. The number of pyridine rings is 1. The summed E-state index contributed by atoms with van der Waals surface area (Å²) in [6.45, 7) is 3.25. The van der Waals surface area contributed by atoms with E-state index < -0.39 is 0 Å². The molecule has 1 atom stereocenters. The van der Waals surface area contributed by atoms with Crippen LogP contribution < -0.4 is 10.6 Å². The lowest BCUT2D eigenvalue weighted by Gasteiger charge is -2.24. The van der Waals surface area contributed by atoms with Crippen LogP contribution in [0.2, 0.25) is 0 Å². The largest absolute Gasteiger partial charge is 0.356 e.